The maximum atomic E-state index is 11.5. The van der Waals surface area contributed by atoms with Crippen LogP contribution in [0.1, 0.15) is 46.0 Å². The first-order valence-corrected chi connectivity index (χ1v) is 6.83. The summed E-state index contributed by atoms with van der Waals surface area (Å²) in [6.07, 6.45) is 5.09. The summed E-state index contributed by atoms with van der Waals surface area (Å²) in [6, 6.07) is 0.954. The van der Waals surface area contributed by atoms with Crippen molar-refractivity contribution in [3.05, 3.63) is 0 Å². The second kappa shape index (κ2) is 7.67. The second-order valence-electron chi connectivity index (χ2n) is 5.51. The molecule has 1 aliphatic carbocycles. The molecule has 100 valence electrons. The first kappa shape index (κ1) is 14.5. The lowest BCUT2D eigenvalue weighted by atomic mass is 9.92. The van der Waals surface area contributed by atoms with Crippen LogP contribution in [0.3, 0.4) is 0 Å². The predicted molar refractivity (Wildman–Crippen MR) is 70.7 cm³/mol. The zero-order chi connectivity index (χ0) is 12.7. The summed E-state index contributed by atoms with van der Waals surface area (Å²) in [7, 11) is 0. The Morgan fingerprint density at radius 3 is 2.53 bits per heavy atom. The largest absolute Gasteiger partial charge is 0.356 e. The van der Waals surface area contributed by atoms with Crippen LogP contribution in [-0.4, -0.2) is 31.1 Å². The molecule has 4 heteroatoms. The van der Waals surface area contributed by atoms with Gasteiger partial charge in [-0.05, 0) is 31.6 Å². The van der Waals surface area contributed by atoms with Crippen LogP contribution < -0.4 is 16.4 Å². The van der Waals surface area contributed by atoms with Gasteiger partial charge in [0, 0.05) is 31.6 Å². The van der Waals surface area contributed by atoms with Crippen LogP contribution in [0.2, 0.25) is 0 Å². The summed E-state index contributed by atoms with van der Waals surface area (Å²) in [5.41, 5.74) is 5.85. The topological polar surface area (TPSA) is 67.2 Å². The van der Waals surface area contributed by atoms with E-state index in [0.717, 1.165) is 38.8 Å². The lowest BCUT2D eigenvalue weighted by Gasteiger charge is -2.26. The predicted octanol–water partition coefficient (Wildman–Crippen LogP) is 1.01. The van der Waals surface area contributed by atoms with E-state index in [4.69, 9.17) is 5.73 Å². The Kier molecular flexibility index (Phi) is 6.52. The van der Waals surface area contributed by atoms with Crippen molar-refractivity contribution >= 4 is 5.91 Å². The average molecular weight is 241 g/mol. The van der Waals surface area contributed by atoms with Gasteiger partial charge in [0.25, 0.3) is 0 Å². The van der Waals surface area contributed by atoms with Crippen molar-refractivity contribution in [2.75, 3.05) is 13.1 Å². The molecule has 17 heavy (non-hydrogen) atoms. The number of hydrogen-bond donors (Lipinski definition) is 3. The quantitative estimate of drug-likeness (QED) is 0.650. The van der Waals surface area contributed by atoms with Crippen molar-refractivity contribution < 1.29 is 4.79 Å². The van der Waals surface area contributed by atoms with E-state index in [2.05, 4.69) is 24.5 Å². The van der Waals surface area contributed by atoms with Crippen molar-refractivity contribution in [3.63, 3.8) is 0 Å². The molecule has 0 radical (unpaired) electrons. The fraction of sp³-hybridized carbons (Fsp3) is 0.923. The third-order valence-electron chi connectivity index (χ3n) is 3.26. The van der Waals surface area contributed by atoms with E-state index in [9.17, 15) is 4.79 Å². The highest BCUT2D eigenvalue weighted by molar-refractivity contribution is 5.76. The number of amides is 1. The van der Waals surface area contributed by atoms with E-state index in [0.29, 0.717) is 24.4 Å². The highest BCUT2D eigenvalue weighted by Crippen LogP contribution is 2.16. The van der Waals surface area contributed by atoms with Crippen LogP contribution in [0.5, 0.6) is 0 Å². The average Bonchev–Trinajstić information content (AvgIpc) is 2.29. The molecule has 0 saturated heterocycles. The molecule has 1 amide bonds. The van der Waals surface area contributed by atoms with Crippen LogP contribution in [0.15, 0.2) is 0 Å². The van der Waals surface area contributed by atoms with Gasteiger partial charge in [0.1, 0.15) is 0 Å². The highest BCUT2D eigenvalue weighted by atomic mass is 16.1. The van der Waals surface area contributed by atoms with E-state index < -0.39 is 0 Å². The normalized spacial score (nSPS) is 24.9. The van der Waals surface area contributed by atoms with Gasteiger partial charge in [-0.2, -0.15) is 0 Å². The Morgan fingerprint density at radius 1 is 1.29 bits per heavy atom. The monoisotopic (exact) mass is 241 g/mol. The molecule has 0 aromatic carbocycles. The summed E-state index contributed by atoms with van der Waals surface area (Å²) in [6.45, 7) is 5.76. The lowest BCUT2D eigenvalue weighted by molar-refractivity contribution is -0.121. The van der Waals surface area contributed by atoms with E-state index in [-0.39, 0.29) is 5.91 Å². The fourth-order valence-corrected chi connectivity index (χ4v) is 2.12. The third-order valence-corrected chi connectivity index (χ3v) is 3.26. The van der Waals surface area contributed by atoms with Crippen molar-refractivity contribution in [1.82, 2.24) is 10.6 Å². The smallest absolute Gasteiger partial charge is 0.221 e. The molecule has 4 nitrogen and oxygen atoms in total. The maximum absolute atomic E-state index is 11.5. The van der Waals surface area contributed by atoms with Gasteiger partial charge in [-0.1, -0.05) is 13.8 Å². The number of hydrogen-bond acceptors (Lipinski definition) is 3. The van der Waals surface area contributed by atoms with Gasteiger partial charge in [-0.15, -0.1) is 0 Å². The summed E-state index contributed by atoms with van der Waals surface area (Å²) in [5.74, 6) is 0.672. The number of nitrogens with two attached hydrogens (primary N) is 1. The Bertz CT molecular complexity index is 223. The molecule has 0 spiro atoms. The van der Waals surface area contributed by atoms with Crippen molar-refractivity contribution in [3.8, 4) is 0 Å². The van der Waals surface area contributed by atoms with Crippen molar-refractivity contribution in [1.29, 1.82) is 0 Å². The minimum atomic E-state index is 0.152. The van der Waals surface area contributed by atoms with Crippen LogP contribution in [0, 0.1) is 5.92 Å². The minimum absolute atomic E-state index is 0.152. The van der Waals surface area contributed by atoms with Gasteiger partial charge in [0.15, 0.2) is 0 Å². The molecule has 0 heterocycles. The zero-order valence-corrected chi connectivity index (χ0v) is 11.2. The fourth-order valence-electron chi connectivity index (χ4n) is 2.12. The van der Waals surface area contributed by atoms with Gasteiger partial charge in [-0.3, -0.25) is 4.79 Å². The Labute approximate surface area is 105 Å². The molecule has 0 aromatic heterocycles. The molecule has 1 fully saturated rings. The SMILES string of the molecule is CC(C)CNC(=O)CCNC1CCC(N)CC1. The maximum Gasteiger partial charge on any atom is 0.221 e. The second-order valence-corrected chi connectivity index (χ2v) is 5.51. The van der Waals surface area contributed by atoms with Gasteiger partial charge >= 0.3 is 0 Å². The van der Waals surface area contributed by atoms with Crippen LogP contribution in [0.25, 0.3) is 0 Å². The molecule has 0 unspecified atom stereocenters. The Balaban J connectivity index is 2.01. The molecular formula is C13H27N3O. The Morgan fingerprint density at radius 2 is 1.94 bits per heavy atom. The van der Waals surface area contributed by atoms with Crippen LogP contribution >= 0.6 is 0 Å². The van der Waals surface area contributed by atoms with E-state index in [1.807, 2.05) is 0 Å². The van der Waals surface area contributed by atoms with Gasteiger partial charge in [0.05, 0.1) is 0 Å². The molecule has 0 aliphatic heterocycles. The van der Waals surface area contributed by atoms with Gasteiger partial charge < -0.3 is 16.4 Å². The van der Waals surface area contributed by atoms with Crippen LogP contribution in [0.4, 0.5) is 0 Å². The summed E-state index contributed by atoms with van der Waals surface area (Å²) in [4.78, 5) is 11.5. The van der Waals surface area contributed by atoms with Crippen LogP contribution in [-0.2, 0) is 4.79 Å². The van der Waals surface area contributed by atoms with Crippen molar-refractivity contribution in [2.24, 2.45) is 11.7 Å². The first-order chi connectivity index (χ1) is 8.08. The Hall–Kier alpha value is -0.610. The molecule has 0 bridgehead atoms. The summed E-state index contributed by atoms with van der Waals surface area (Å²) >= 11 is 0. The van der Waals surface area contributed by atoms with E-state index in [1.165, 1.54) is 0 Å². The number of nitrogens with one attached hydrogen (secondary N) is 2. The minimum Gasteiger partial charge on any atom is -0.356 e. The van der Waals surface area contributed by atoms with Gasteiger partial charge in [-0.25, -0.2) is 0 Å². The molecular weight excluding hydrogens is 214 g/mol. The number of rotatable bonds is 6. The molecule has 1 saturated carbocycles. The number of carbonyl (C=O) groups is 1. The van der Waals surface area contributed by atoms with Gasteiger partial charge in [0.2, 0.25) is 5.91 Å². The third kappa shape index (κ3) is 6.64. The number of carbonyl (C=O) groups excluding carboxylic acids is 1. The van der Waals surface area contributed by atoms with Crippen molar-refractivity contribution in [2.45, 2.75) is 58.0 Å². The summed E-state index contributed by atoms with van der Waals surface area (Å²) < 4.78 is 0. The van der Waals surface area contributed by atoms with E-state index in [1.54, 1.807) is 0 Å². The molecule has 0 aromatic rings. The van der Waals surface area contributed by atoms with E-state index >= 15 is 0 Å². The molecule has 0 atom stereocenters. The lowest BCUT2D eigenvalue weighted by Crippen LogP contribution is -2.39. The standard InChI is InChI=1S/C13H27N3O/c1-10(2)9-16-13(17)7-8-15-12-5-3-11(14)4-6-12/h10-12,15H,3-9,14H2,1-2H3,(H,16,17). The summed E-state index contributed by atoms with van der Waals surface area (Å²) in [5, 5.41) is 6.37. The first-order valence-electron chi connectivity index (χ1n) is 6.83. The highest BCUT2D eigenvalue weighted by Gasteiger charge is 2.17. The molecule has 1 aliphatic rings. The molecule has 1 rings (SSSR count). The zero-order valence-electron chi connectivity index (χ0n) is 11.2. The molecule has 4 N–H and O–H groups in total.